The molecule has 1 aliphatic heterocycles. The van der Waals surface area contributed by atoms with Crippen LogP contribution in [0.4, 0.5) is 0 Å². The average molecular weight is 376 g/mol. The zero-order chi connectivity index (χ0) is 16.4. The molecule has 6 nitrogen and oxygen atoms in total. The molecular weight excluding hydrogens is 350 g/mol. The number of rotatable bonds is 6. The molecule has 1 heterocycles. The van der Waals surface area contributed by atoms with Crippen LogP contribution in [0.15, 0.2) is 24.3 Å². The highest BCUT2D eigenvalue weighted by Gasteiger charge is 2.38. The normalized spacial score (nSPS) is 22.2. The Morgan fingerprint density at radius 2 is 2.04 bits per heavy atom. The van der Waals surface area contributed by atoms with E-state index < -0.39 is 10.2 Å². The van der Waals surface area contributed by atoms with Crippen LogP contribution in [0.5, 0.6) is 5.75 Å². The third-order valence-electron chi connectivity index (χ3n) is 4.59. The molecule has 3 rings (SSSR count). The molecule has 2 fully saturated rings. The number of ether oxygens (including phenoxy) is 1. The summed E-state index contributed by atoms with van der Waals surface area (Å²) in [5.41, 5.74) is 0.908. The molecule has 1 aliphatic carbocycles. The Morgan fingerprint density at radius 3 is 2.71 bits per heavy atom. The Bertz CT molecular complexity index is 652. The Balaban J connectivity index is 0.00000208. The van der Waals surface area contributed by atoms with Crippen LogP contribution in [0.25, 0.3) is 0 Å². The number of methoxy groups -OCH3 is 1. The van der Waals surface area contributed by atoms with Crippen molar-refractivity contribution in [1.29, 1.82) is 0 Å². The second kappa shape index (κ2) is 8.01. The fourth-order valence-electron chi connectivity index (χ4n) is 3.11. The van der Waals surface area contributed by atoms with Gasteiger partial charge < -0.3 is 10.1 Å². The summed E-state index contributed by atoms with van der Waals surface area (Å²) in [6, 6.07) is 7.40. The van der Waals surface area contributed by atoms with Gasteiger partial charge in [-0.3, -0.25) is 0 Å². The molecule has 24 heavy (non-hydrogen) atoms. The van der Waals surface area contributed by atoms with Gasteiger partial charge in [-0.2, -0.15) is 17.0 Å². The lowest BCUT2D eigenvalue weighted by Gasteiger charge is -2.38. The van der Waals surface area contributed by atoms with Crippen molar-refractivity contribution in [3.05, 3.63) is 29.8 Å². The average Bonchev–Trinajstić information content (AvgIpc) is 3.38. The number of hydrogen-bond donors (Lipinski definition) is 1. The van der Waals surface area contributed by atoms with E-state index in [1.807, 2.05) is 24.3 Å². The van der Waals surface area contributed by atoms with E-state index in [1.165, 1.54) is 4.31 Å². The van der Waals surface area contributed by atoms with Gasteiger partial charge in [0, 0.05) is 38.8 Å². The molecule has 1 unspecified atom stereocenters. The van der Waals surface area contributed by atoms with Crippen LogP contribution in [0.3, 0.4) is 0 Å². The van der Waals surface area contributed by atoms with E-state index in [1.54, 1.807) is 18.5 Å². The monoisotopic (exact) mass is 375 g/mol. The second-order valence-electron chi connectivity index (χ2n) is 6.30. The van der Waals surface area contributed by atoms with Crippen LogP contribution in [-0.4, -0.2) is 57.4 Å². The quantitative estimate of drug-likeness (QED) is 0.821. The Labute approximate surface area is 150 Å². The molecule has 0 aromatic heterocycles. The Kier molecular flexibility index (Phi) is 6.50. The van der Waals surface area contributed by atoms with Gasteiger partial charge in [-0.25, -0.2) is 0 Å². The largest absolute Gasteiger partial charge is 0.496 e. The first kappa shape index (κ1) is 19.5. The van der Waals surface area contributed by atoms with E-state index in [0.29, 0.717) is 32.1 Å². The molecule has 8 heteroatoms. The van der Waals surface area contributed by atoms with Crippen molar-refractivity contribution in [2.75, 3.05) is 40.3 Å². The van der Waals surface area contributed by atoms with E-state index in [0.717, 1.165) is 24.2 Å². The van der Waals surface area contributed by atoms with Gasteiger partial charge in [-0.1, -0.05) is 18.2 Å². The van der Waals surface area contributed by atoms with Crippen molar-refractivity contribution in [2.24, 2.45) is 5.92 Å². The Morgan fingerprint density at radius 1 is 1.33 bits per heavy atom. The van der Waals surface area contributed by atoms with Crippen LogP contribution < -0.4 is 10.1 Å². The summed E-state index contributed by atoms with van der Waals surface area (Å²) < 4.78 is 34.6. The number of piperazine rings is 1. The Hall–Kier alpha value is -0.860. The zero-order valence-corrected chi connectivity index (χ0v) is 15.8. The van der Waals surface area contributed by atoms with Gasteiger partial charge in [0.25, 0.3) is 10.2 Å². The van der Waals surface area contributed by atoms with Crippen LogP contribution in [0.1, 0.15) is 24.4 Å². The molecule has 0 amide bonds. The molecule has 2 aliphatic rings. The van der Waals surface area contributed by atoms with Gasteiger partial charge in [0.15, 0.2) is 0 Å². The van der Waals surface area contributed by atoms with E-state index in [9.17, 15) is 8.42 Å². The maximum atomic E-state index is 13.0. The molecule has 1 atom stereocenters. The van der Waals surface area contributed by atoms with Gasteiger partial charge in [0.1, 0.15) is 5.75 Å². The first-order chi connectivity index (χ1) is 11.0. The van der Waals surface area contributed by atoms with Crippen molar-refractivity contribution >= 4 is 22.6 Å². The predicted molar refractivity (Wildman–Crippen MR) is 96.8 cm³/mol. The van der Waals surface area contributed by atoms with Crippen LogP contribution in [-0.2, 0) is 10.2 Å². The smallest absolute Gasteiger partial charge is 0.282 e. The summed E-state index contributed by atoms with van der Waals surface area (Å²) in [5, 5.41) is 3.30. The fraction of sp³-hybridized carbons (Fsp3) is 0.625. The van der Waals surface area contributed by atoms with Crippen LogP contribution in [0, 0.1) is 5.92 Å². The highest BCUT2D eigenvalue weighted by atomic mass is 35.5. The van der Waals surface area contributed by atoms with Gasteiger partial charge in [-0.15, -0.1) is 12.4 Å². The van der Waals surface area contributed by atoms with E-state index >= 15 is 0 Å². The van der Waals surface area contributed by atoms with E-state index in [2.05, 4.69) is 5.32 Å². The second-order valence-corrected chi connectivity index (χ2v) is 8.29. The topological polar surface area (TPSA) is 61.9 Å². The predicted octanol–water partition coefficient (Wildman–Crippen LogP) is 1.65. The number of hydrogen-bond acceptors (Lipinski definition) is 4. The molecule has 1 saturated carbocycles. The summed E-state index contributed by atoms with van der Waals surface area (Å²) in [7, 11) is -0.161. The van der Waals surface area contributed by atoms with E-state index in [4.69, 9.17) is 4.74 Å². The minimum Gasteiger partial charge on any atom is -0.496 e. The lowest BCUT2D eigenvalue weighted by Crippen LogP contribution is -2.52. The summed E-state index contributed by atoms with van der Waals surface area (Å²) in [4.78, 5) is 0. The maximum absolute atomic E-state index is 13.0. The van der Waals surface area contributed by atoms with Gasteiger partial charge >= 0.3 is 0 Å². The van der Waals surface area contributed by atoms with Crippen LogP contribution in [0.2, 0.25) is 0 Å². The molecule has 1 N–H and O–H groups in total. The van der Waals surface area contributed by atoms with Gasteiger partial charge in [-0.05, 0) is 24.8 Å². The van der Waals surface area contributed by atoms with Crippen molar-refractivity contribution in [1.82, 2.24) is 13.9 Å². The summed E-state index contributed by atoms with van der Waals surface area (Å²) in [6.07, 6.45) is 2.27. The third kappa shape index (κ3) is 4.03. The highest BCUT2D eigenvalue weighted by Crippen LogP contribution is 2.34. The minimum absolute atomic E-state index is 0. The maximum Gasteiger partial charge on any atom is 0.282 e. The summed E-state index contributed by atoms with van der Waals surface area (Å²) in [5.74, 6) is 1.26. The molecule has 1 aromatic carbocycles. The first-order valence-corrected chi connectivity index (χ1v) is 9.50. The standard InChI is InChI=1S/C16H25N3O3S.ClH/c1-18(12-13-7-8-13)23(20,21)19-10-9-17-11-15(19)14-5-3-4-6-16(14)22-2;/h3-6,13,15,17H,7-12H2,1-2H3;1H. The SMILES string of the molecule is COc1ccccc1C1CNCCN1S(=O)(=O)N(C)CC1CC1.Cl. The van der Waals surface area contributed by atoms with Crippen LogP contribution >= 0.6 is 12.4 Å². The zero-order valence-electron chi connectivity index (χ0n) is 14.1. The van der Waals surface area contributed by atoms with Gasteiger partial charge in [0.2, 0.25) is 0 Å². The lowest BCUT2D eigenvalue weighted by molar-refractivity contribution is 0.246. The number of halogens is 1. The number of nitrogens with one attached hydrogen (secondary N) is 1. The van der Waals surface area contributed by atoms with Crippen molar-refractivity contribution in [3.8, 4) is 5.75 Å². The molecule has 0 bridgehead atoms. The van der Waals surface area contributed by atoms with E-state index in [-0.39, 0.29) is 18.4 Å². The number of para-hydroxylation sites is 1. The third-order valence-corrected chi connectivity index (χ3v) is 6.56. The summed E-state index contributed by atoms with van der Waals surface area (Å²) in [6.45, 7) is 2.35. The van der Waals surface area contributed by atoms with Crippen molar-refractivity contribution < 1.29 is 13.2 Å². The molecule has 0 radical (unpaired) electrons. The fourth-order valence-corrected chi connectivity index (χ4v) is 4.69. The summed E-state index contributed by atoms with van der Waals surface area (Å²) >= 11 is 0. The molecule has 0 spiro atoms. The highest BCUT2D eigenvalue weighted by molar-refractivity contribution is 7.86. The minimum atomic E-state index is -3.47. The van der Waals surface area contributed by atoms with Gasteiger partial charge in [0.05, 0.1) is 13.2 Å². The lowest BCUT2D eigenvalue weighted by atomic mass is 10.0. The molecule has 1 saturated heterocycles. The van der Waals surface area contributed by atoms with Crippen molar-refractivity contribution in [3.63, 3.8) is 0 Å². The van der Waals surface area contributed by atoms with Crippen molar-refractivity contribution in [2.45, 2.75) is 18.9 Å². The molecule has 1 aromatic rings. The first-order valence-electron chi connectivity index (χ1n) is 8.10. The number of nitrogens with zero attached hydrogens (tertiary/aromatic N) is 2. The number of benzene rings is 1. The molecular formula is C16H26ClN3O3S. The molecule has 136 valence electrons.